The highest BCUT2D eigenvalue weighted by Crippen LogP contribution is 2.51. The van der Waals surface area contributed by atoms with Crippen LogP contribution in [0.4, 0.5) is 9.59 Å². The van der Waals surface area contributed by atoms with Gasteiger partial charge in [-0.15, -0.1) is 12.4 Å². The highest BCUT2D eigenvalue weighted by Gasteiger charge is 2.50. The van der Waals surface area contributed by atoms with Crippen molar-refractivity contribution in [1.29, 1.82) is 0 Å². The lowest BCUT2D eigenvalue weighted by molar-refractivity contribution is -0.142. The van der Waals surface area contributed by atoms with Crippen molar-refractivity contribution in [1.82, 2.24) is 46.1 Å². The number of ether oxygens (including phenoxy) is 6. The predicted molar refractivity (Wildman–Crippen MR) is 477 cm³/mol. The second-order valence-corrected chi connectivity index (χ2v) is 38.3. The van der Waals surface area contributed by atoms with Crippen LogP contribution in [-0.4, -0.2) is 160 Å². The lowest BCUT2D eigenvalue weighted by Crippen LogP contribution is -2.58. The van der Waals surface area contributed by atoms with Gasteiger partial charge in [-0.05, 0) is 143 Å². The van der Waals surface area contributed by atoms with E-state index in [-0.39, 0.29) is 68.8 Å². The number of likely N-dealkylation sites (tertiary alicyclic amines) is 2. The zero-order valence-electron chi connectivity index (χ0n) is 72.6. The number of aromatic nitrogens is 2. The van der Waals surface area contributed by atoms with E-state index in [2.05, 4.69) is 26.4 Å². The van der Waals surface area contributed by atoms with E-state index in [1.54, 1.807) is 68.8 Å². The molecule has 0 spiro atoms. The summed E-state index contributed by atoms with van der Waals surface area (Å²) in [7, 11) is -5.06. The molecule has 2 saturated heterocycles. The van der Waals surface area contributed by atoms with Crippen LogP contribution >= 0.6 is 27.5 Å². The quantitative estimate of drug-likeness (QED) is 0.0206. The molecule has 8 aromatic rings. The number of nitrogens with zero attached hydrogens (tertiary/aromatic N) is 4. The molecule has 27 nitrogen and oxygen atoms in total. The molecule has 4 unspecified atom stereocenters. The SMILES string of the molecule is CC(C)N.CCCC(NC(=O)[C@@H]1C[C@@H](Oc2cc(-c3ccccc3)nc3cc(OC)ccc23)CN1C(=O)[C@@H](NC(=O)OC1CCCC1)C(C)(C)C)P(=O)(NC(C)C)Oc1ccccc1.CCCC(NC(=O)[C@@H]1C[C@@H](Oc2cc(-c3ccccc3)nc3cc(OC)ccc23)CN1C(=O)[C@@H](NC(=O)OC1CCCC1)C(C)(C)C)P(=O)(O)Oc1ccccc1.Cl. The summed E-state index contributed by atoms with van der Waals surface area (Å²) in [5, 5.41) is 16.1. The molecular weight excluding hydrogens is 1610 g/mol. The van der Waals surface area contributed by atoms with Crippen molar-refractivity contribution in [3.8, 4) is 57.0 Å². The van der Waals surface area contributed by atoms with Crippen molar-refractivity contribution in [3.05, 3.63) is 170 Å². The average Bonchev–Trinajstić information content (AvgIpc) is 1.29. The van der Waals surface area contributed by atoms with Crippen LogP contribution in [0.1, 0.15) is 173 Å². The van der Waals surface area contributed by atoms with Crippen molar-refractivity contribution in [2.45, 2.75) is 245 Å². The van der Waals surface area contributed by atoms with Gasteiger partial charge >= 0.3 is 27.3 Å². The number of carbonyl (C=O) groups is 6. The number of alkyl carbamates (subject to hydrolysis) is 2. The first kappa shape index (κ1) is 95.8. The Hall–Kier alpha value is -10.0. The topological polar surface area (TPSA) is 349 Å². The van der Waals surface area contributed by atoms with Crippen molar-refractivity contribution < 1.29 is 80.3 Å². The van der Waals surface area contributed by atoms with Gasteiger partial charge in [0.25, 0.3) is 0 Å². The van der Waals surface area contributed by atoms with Gasteiger partial charge in [-0.3, -0.25) is 23.7 Å². The van der Waals surface area contributed by atoms with Crippen LogP contribution in [0.15, 0.2) is 170 Å². The third kappa shape index (κ3) is 26.3. The number of nitrogens with one attached hydrogen (secondary N) is 5. The number of hydrogen-bond donors (Lipinski definition) is 7. The molecule has 6 aromatic carbocycles. The maximum absolute atomic E-state index is 14.9. The number of halogens is 1. The van der Waals surface area contributed by atoms with Gasteiger partial charge in [0, 0.05) is 65.0 Å². The second-order valence-electron chi connectivity index (χ2n) is 34.1. The fourth-order valence-electron chi connectivity index (χ4n) is 15.3. The van der Waals surface area contributed by atoms with E-state index in [1.165, 1.54) is 9.80 Å². The number of para-hydroxylation sites is 2. The molecule has 660 valence electrons. The summed E-state index contributed by atoms with van der Waals surface area (Å²) < 4.78 is 76.3. The van der Waals surface area contributed by atoms with E-state index < -0.39 is 110 Å². The standard InChI is InChI=1S/C46H60N5O8P.C43H53N4O9P.C3H9N.ClH/c1-8-17-41(60(55,50-30(2)3)59-33-22-13-10-14-23-33)48-43(52)39-27-35(29-51(39)44(53)42(46(4,5)6)49-45(54)58-32-20-15-16-21-32)57-40-28-37(31-18-11-9-12-19-31)47-38-26-34(56-7)24-25-36(38)40;1-6-15-38(57(51,52)56-30-20-11-8-12-21-30)45-40(48)36-25-32(27-47(36)41(49)39(43(2,3)4)46-42(50)55-29-18-13-14-19-29)54-37-26-34(28-16-9-7-10-17-28)44-35-24-31(53-5)22-23-33(35)37;1-3(2)4;/h9-14,18-19,22-26,28,30,32,35,39,41-42H,8,15-17,20-21,27,29H2,1-7H3,(H,48,52)(H,49,54)(H,50,55);7-12,16-17,20-24,26,29,32,36,38-39H,6,13-15,18-19,25,27H2,1-5H3,(H,45,48)(H,46,50)(H,51,52);3H,4H2,1-2H3;1H/t35-,39+,41?,42-,60?;32-,36+,38?,39-;;/m11../s1. The molecule has 30 heteroatoms. The first-order valence-electron chi connectivity index (χ1n) is 42.2. The summed E-state index contributed by atoms with van der Waals surface area (Å²) in [6.07, 6.45) is 5.53. The number of rotatable bonds is 30. The predicted octanol–water partition coefficient (Wildman–Crippen LogP) is 17.5. The summed E-state index contributed by atoms with van der Waals surface area (Å²) in [6.45, 7) is 22.5. The number of amides is 6. The van der Waals surface area contributed by atoms with Crippen molar-refractivity contribution in [2.24, 2.45) is 16.6 Å². The molecule has 2 aliphatic carbocycles. The summed E-state index contributed by atoms with van der Waals surface area (Å²) in [4.78, 5) is 109. The normalized spacial score (nSPS) is 18.7. The Labute approximate surface area is 723 Å². The van der Waals surface area contributed by atoms with Crippen LogP contribution in [0.25, 0.3) is 44.3 Å². The first-order valence-corrected chi connectivity index (χ1v) is 45.5. The minimum Gasteiger partial charge on any atom is -0.497 e. The second kappa shape index (κ2) is 43.8. The van der Waals surface area contributed by atoms with Crippen molar-refractivity contribution >= 4 is 85.1 Å². The smallest absolute Gasteiger partial charge is 0.408 e. The summed E-state index contributed by atoms with van der Waals surface area (Å²) in [6, 6.07) is 47.0. The zero-order valence-corrected chi connectivity index (χ0v) is 75.2. The van der Waals surface area contributed by atoms with E-state index in [4.69, 9.17) is 53.2 Å². The number of methoxy groups -OCH3 is 2. The minimum absolute atomic E-state index is 0. The molecule has 2 saturated carbocycles. The van der Waals surface area contributed by atoms with E-state index >= 15 is 0 Å². The van der Waals surface area contributed by atoms with Crippen LogP contribution in [0.3, 0.4) is 0 Å². The van der Waals surface area contributed by atoms with Gasteiger partial charge in [0.2, 0.25) is 23.6 Å². The molecule has 0 radical (unpaired) electrons. The van der Waals surface area contributed by atoms with Gasteiger partial charge in [0.05, 0.1) is 49.7 Å². The largest absolute Gasteiger partial charge is 0.497 e. The third-order valence-electron chi connectivity index (χ3n) is 21.2. The van der Waals surface area contributed by atoms with Crippen LogP contribution in [0, 0.1) is 10.8 Å². The maximum Gasteiger partial charge on any atom is 0.408 e. The Balaban J connectivity index is 0.000000264. The monoisotopic (exact) mass is 1740 g/mol. The maximum atomic E-state index is 14.9. The summed E-state index contributed by atoms with van der Waals surface area (Å²) in [5.41, 5.74) is 7.93. The van der Waals surface area contributed by atoms with Crippen LogP contribution in [-0.2, 0) is 37.8 Å². The Kier molecular flexibility index (Phi) is 34.4. The molecule has 12 rings (SSSR count). The molecule has 4 heterocycles. The van der Waals surface area contributed by atoms with Gasteiger partial charge < -0.3 is 79.2 Å². The van der Waals surface area contributed by atoms with Crippen molar-refractivity contribution in [3.63, 3.8) is 0 Å². The van der Waals surface area contributed by atoms with Gasteiger partial charge in [-0.25, -0.2) is 29.2 Å². The number of hydrogen-bond acceptors (Lipinski definition) is 19. The highest BCUT2D eigenvalue weighted by atomic mass is 35.5. The van der Waals surface area contributed by atoms with E-state index in [0.29, 0.717) is 81.9 Å². The summed E-state index contributed by atoms with van der Waals surface area (Å²) >= 11 is 0. The number of carbonyl (C=O) groups excluding carboxylic acids is 6. The molecule has 10 atom stereocenters. The number of pyridine rings is 2. The molecule has 8 N–H and O–H groups in total. The molecule has 4 aliphatic rings. The van der Waals surface area contributed by atoms with Crippen LogP contribution in [0.2, 0.25) is 0 Å². The fraction of sp³-hybridized carbons (Fsp3) is 0.478. The van der Waals surface area contributed by atoms with Gasteiger partial charge in [0.15, 0.2) is 0 Å². The molecule has 122 heavy (non-hydrogen) atoms. The van der Waals surface area contributed by atoms with E-state index in [0.717, 1.165) is 67.9 Å². The molecular formula is C92H123ClN10O17P2. The van der Waals surface area contributed by atoms with E-state index in [1.807, 2.05) is 198 Å². The lowest BCUT2D eigenvalue weighted by Gasteiger charge is -2.36. The van der Waals surface area contributed by atoms with Crippen molar-refractivity contribution in [2.75, 3.05) is 27.3 Å². The number of nitrogens with two attached hydrogens (primary N) is 1. The Morgan fingerprint density at radius 2 is 0.861 bits per heavy atom. The molecule has 0 bridgehead atoms. The average molecular weight is 1740 g/mol. The Morgan fingerprint density at radius 1 is 0.500 bits per heavy atom. The van der Waals surface area contributed by atoms with E-state index in [9.17, 15) is 42.8 Å². The number of fused-ring (bicyclic) bond motifs is 2. The van der Waals surface area contributed by atoms with Gasteiger partial charge in [-0.1, -0.05) is 179 Å². The molecule has 6 amide bonds. The highest BCUT2D eigenvalue weighted by molar-refractivity contribution is 7.58. The summed E-state index contributed by atoms with van der Waals surface area (Å²) in [5.74, 6) is -1.46. The van der Waals surface area contributed by atoms with Crippen LogP contribution in [0.5, 0.6) is 34.5 Å². The Bertz CT molecular complexity index is 4880. The molecule has 2 aromatic heterocycles. The lowest BCUT2D eigenvalue weighted by atomic mass is 9.85. The third-order valence-corrected chi connectivity index (χ3v) is 25.4. The fourth-order valence-corrected chi connectivity index (χ4v) is 19.1. The molecule has 2 aliphatic heterocycles. The minimum atomic E-state index is -4.45. The zero-order chi connectivity index (χ0) is 87.3. The van der Waals surface area contributed by atoms with Crippen LogP contribution < -0.4 is 60.1 Å². The first-order chi connectivity index (χ1) is 57.6. The van der Waals surface area contributed by atoms with Gasteiger partial charge in [-0.2, -0.15) is 0 Å². The van der Waals surface area contributed by atoms with Gasteiger partial charge in [0.1, 0.15) is 94.6 Å². The molecule has 4 fully saturated rings. The Morgan fingerprint density at radius 3 is 1.22 bits per heavy atom. The number of benzene rings is 6.